The largest absolute Gasteiger partial charge is 0.379 e. The van der Waals surface area contributed by atoms with Crippen molar-refractivity contribution in [3.63, 3.8) is 0 Å². The molecule has 7 heteroatoms. The topological polar surface area (TPSA) is 36.9 Å². The smallest absolute Gasteiger partial charge is 0.193 e. The zero-order valence-corrected chi connectivity index (χ0v) is 17.8. The van der Waals surface area contributed by atoms with Crippen molar-refractivity contribution in [1.82, 2.24) is 10.2 Å². The molecule has 2 fully saturated rings. The number of hydrogen-bond donors (Lipinski definition) is 1. The van der Waals surface area contributed by atoms with Crippen molar-refractivity contribution in [1.29, 1.82) is 0 Å². The molecule has 140 valence electrons. The SMILES string of the molecule is CN=C(NC1CC1c1c(F)cccc1Cl)N(C)CCOCC1CC1.I. The van der Waals surface area contributed by atoms with Gasteiger partial charge in [0.2, 0.25) is 0 Å². The van der Waals surface area contributed by atoms with Gasteiger partial charge < -0.3 is 15.0 Å². The molecule has 2 unspecified atom stereocenters. The van der Waals surface area contributed by atoms with Crippen LogP contribution in [-0.2, 0) is 4.74 Å². The molecule has 2 saturated carbocycles. The number of nitrogens with zero attached hydrogens (tertiary/aromatic N) is 2. The number of nitrogens with one attached hydrogen (secondary N) is 1. The molecule has 1 aromatic rings. The molecule has 0 heterocycles. The Labute approximate surface area is 171 Å². The van der Waals surface area contributed by atoms with Gasteiger partial charge >= 0.3 is 0 Å². The fraction of sp³-hybridized carbons (Fsp3) is 0.611. The second-order valence-electron chi connectivity index (χ2n) is 6.72. The zero-order chi connectivity index (χ0) is 17.1. The van der Waals surface area contributed by atoms with E-state index in [2.05, 4.69) is 10.3 Å². The van der Waals surface area contributed by atoms with Gasteiger partial charge in [-0.3, -0.25) is 4.99 Å². The van der Waals surface area contributed by atoms with E-state index in [-0.39, 0.29) is 41.8 Å². The third-order valence-electron chi connectivity index (χ3n) is 4.67. The van der Waals surface area contributed by atoms with E-state index in [1.807, 2.05) is 11.9 Å². The number of halogens is 3. The first-order valence-corrected chi connectivity index (χ1v) is 8.94. The molecule has 2 aliphatic carbocycles. The van der Waals surface area contributed by atoms with Crippen LogP contribution in [0, 0.1) is 11.7 Å². The summed E-state index contributed by atoms with van der Waals surface area (Å²) in [6, 6.07) is 5.02. The van der Waals surface area contributed by atoms with Crippen molar-refractivity contribution in [2.75, 3.05) is 33.9 Å². The number of likely N-dealkylation sites (N-methyl/N-ethyl adjacent to an activating group) is 1. The number of hydrogen-bond acceptors (Lipinski definition) is 2. The monoisotopic (exact) mass is 481 g/mol. The molecule has 0 amide bonds. The maximum Gasteiger partial charge on any atom is 0.193 e. The van der Waals surface area contributed by atoms with E-state index in [0.717, 1.165) is 31.4 Å². The Bertz CT molecular complexity index is 592. The van der Waals surface area contributed by atoms with E-state index in [1.54, 1.807) is 19.2 Å². The fourth-order valence-electron chi connectivity index (χ4n) is 2.89. The van der Waals surface area contributed by atoms with Gasteiger partial charge in [0.1, 0.15) is 5.82 Å². The summed E-state index contributed by atoms with van der Waals surface area (Å²) < 4.78 is 19.7. The number of aliphatic imine (C=N–C) groups is 1. The molecule has 0 radical (unpaired) electrons. The van der Waals surface area contributed by atoms with Gasteiger partial charge in [0, 0.05) is 49.8 Å². The predicted octanol–water partition coefficient (Wildman–Crippen LogP) is 3.89. The number of rotatable bonds is 7. The molecule has 0 saturated heterocycles. The maximum absolute atomic E-state index is 14.0. The summed E-state index contributed by atoms with van der Waals surface area (Å²) in [5.41, 5.74) is 0.613. The van der Waals surface area contributed by atoms with Gasteiger partial charge in [0.25, 0.3) is 0 Å². The molecule has 0 bridgehead atoms. The van der Waals surface area contributed by atoms with Crippen LogP contribution in [-0.4, -0.2) is 50.8 Å². The van der Waals surface area contributed by atoms with Crippen molar-refractivity contribution >= 4 is 41.5 Å². The van der Waals surface area contributed by atoms with Crippen LogP contribution >= 0.6 is 35.6 Å². The lowest BCUT2D eigenvalue weighted by atomic mass is 10.1. The Morgan fingerprint density at radius 3 is 2.84 bits per heavy atom. The van der Waals surface area contributed by atoms with Gasteiger partial charge in [-0.05, 0) is 37.3 Å². The van der Waals surface area contributed by atoms with Crippen LogP contribution < -0.4 is 5.32 Å². The molecule has 4 nitrogen and oxygen atoms in total. The number of guanidine groups is 1. The fourth-order valence-corrected chi connectivity index (χ4v) is 3.19. The summed E-state index contributed by atoms with van der Waals surface area (Å²) in [4.78, 5) is 6.36. The number of ether oxygens (including phenoxy) is 1. The molecule has 25 heavy (non-hydrogen) atoms. The minimum atomic E-state index is -0.228. The van der Waals surface area contributed by atoms with E-state index in [4.69, 9.17) is 16.3 Å². The number of benzene rings is 1. The van der Waals surface area contributed by atoms with E-state index in [1.165, 1.54) is 18.9 Å². The van der Waals surface area contributed by atoms with Gasteiger partial charge in [0.15, 0.2) is 5.96 Å². The van der Waals surface area contributed by atoms with Crippen LogP contribution in [0.15, 0.2) is 23.2 Å². The standard InChI is InChI=1S/C18H25ClFN3O.HI/c1-21-18(23(2)8-9-24-11-12-6-7-12)22-16-10-13(16)17-14(19)4-3-5-15(17)20;/h3-5,12-13,16H,6-11H2,1-2H3,(H,21,22);1H. The minimum absolute atomic E-state index is 0. The molecule has 0 spiro atoms. The molecule has 3 rings (SSSR count). The summed E-state index contributed by atoms with van der Waals surface area (Å²) in [6.07, 6.45) is 3.48. The van der Waals surface area contributed by atoms with Crippen LogP contribution in [0.2, 0.25) is 5.02 Å². The molecule has 2 aliphatic rings. The zero-order valence-electron chi connectivity index (χ0n) is 14.7. The lowest BCUT2D eigenvalue weighted by Gasteiger charge is -2.22. The van der Waals surface area contributed by atoms with Crippen LogP contribution in [0.3, 0.4) is 0 Å². The van der Waals surface area contributed by atoms with Gasteiger partial charge in [0.05, 0.1) is 6.61 Å². The maximum atomic E-state index is 14.0. The minimum Gasteiger partial charge on any atom is -0.379 e. The molecular weight excluding hydrogens is 456 g/mol. The summed E-state index contributed by atoms with van der Waals surface area (Å²) in [5, 5.41) is 3.90. The average Bonchev–Trinajstić information content (AvgIpc) is 3.46. The Balaban J connectivity index is 0.00000225. The first-order valence-electron chi connectivity index (χ1n) is 8.56. The Morgan fingerprint density at radius 2 is 2.20 bits per heavy atom. The van der Waals surface area contributed by atoms with Crippen molar-refractivity contribution in [2.45, 2.75) is 31.2 Å². The summed E-state index contributed by atoms with van der Waals surface area (Å²) >= 11 is 6.15. The van der Waals surface area contributed by atoms with Crippen LogP contribution in [0.4, 0.5) is 4.39 Å². The molecule has 2 atom stereocenters. The molecule has 0 aromatic heterocycles. The second-order valence-corrected chi connectivity index (χ2v) is 7.12. The van der Waals surface area contributed by atoms with Gasteiger partial charge in [-0.2, -0.15) is 0 Å². The normalized spacial score (nSPS) is 22.3. The summed E-state index contributed by atoms with van der Waals surface area (Å²) in [5.74, 6) is 1.47. The van der Waals surface area contributed by atoms with Crippen molar-refractivity contribution in [2.24, 2.45) is 10.9 Å². The molecule has 1 aromatic carbocycles. The Hall–Kier alpha value is -0.600. The van der Waals surface area contributed by atoms with E-state index in [0.29, 0.717) is 17.2 Å². The average molecular weight is 482 g/mol. The lowest BCUT2D eigenvalue weighted by molar-refractivity contribution is 0.115. The highest BCUT2D eigenvalue weighted by molar-refractivity contribution is 14.0. The molecule has 1 N–H and O–H groups in total. The third-order valence-corrected chi connectivity index (χ3v) is 5.00. The van der Waals surface area contributed by atoms with Gasteiger partial charge in [-0.1, -0.05) is 17.7 Å². The van der Waals surface area contributed by atoms with Crippen molar-refractivity contribution < 1.29 is 9.13 Å². The van der Waals surface area contributed by atoms with Crippen LogP contribution in [0.5, 0.6) is 0 Å². The van der Waals surface area contributed by atoms with E-state index < -0.39 is 0 Å². The van der Waals surface area contributed by atoms with E-state index in [9.17, 15) is 4.39 Å². The Kier molecular flexibility index (Phi) is 7.76. The summed E-state index contributed by atoms with van der Waals surface area (Å²) in [7, 11) is 3.75. The van der Waals surface area contributed by atoms with E-state index >= 15 is 0 Å². The highest BCUT2D eigenvalue weighted by atomic mass is 127. The Morgan fingerprint density at radius 1 is 1.44 bits per heavy atom. The first kappa shape index (κ1) is 20.7. The quantitative estimate of drug-likeness (QED) is 0.278. The highest BCUT2D eigenvalue weighted by Gasteiger charge is 2.42. The summed E-state index contributed by atoms with van der Waals surface area (Å²) in [6.45, 7) is 2.35. The van der Waals surface area contributed by atoms with Gasteiger partial charge in [-0.25, -0.2) is 4.39 Å². The second kappa shape index (κ2) is 9.37. The predicted molar refractivity (Wildman–Crippen MR) is 111 cm³/mol. The molecule has 0 aliphatic heterocycles. The van der Waals surface area contributed by atoms with Crippen molar-refractivity contribution in [3.8, 4) is 0 Å². The molecular formula is C18H26ClFIN3O. The van der Waals surface area contributed by atoms with Crippen LogP contribution in [0.25, 0.3) is 0 Å². The lowest BCUT2D eigenvalue weighted by Crippen LogP contribution is -2.42. The highest BCUT2D eigenvalue weighted by Crippen LogP contribution is 2.44. The first-order chi connectivity index (χ1) is 11.6. The van der Waals surface area contributed by atoms with Crippen LogP contribution in [0.1, 0.15) is 30.7 Å². The third kappa shape index (κ3) is 5.69. The van der Waals surface area contributed by atoms with Gasteiger partial charge in [-0.15, -0.1) is 24.0 Å². The van der Waals surface area contributed by atoms with Crippen molar-refractivity contribution in [3.05, 3.63) is 34.6 Å².